The van der Waals surface area contributed by atoms with Gasteiger partial charge >= 0.3 is 0 Å². The van der Waals surface area contributed by atoms with Crippen LogP contribution < -0.4 is 5.32 Å². The number of imidazole rings is 1. The van der Waals surface area contributed by atoms with Crippen molar-refractivity contribution < 1.29 is 4.39 Å². The minimum atomic E-state index is -0.273. The first kappa shape index (κ1) is 12.1. The number of nitrogens with zero attached hydrogens (tertiary/aromatic N) is 2. The van der Waals surface area contributed by atoms with Gasteiger partial charge in [0, 0.05) is 17.2 Å². The fraction of sp³-hybridized carbons (Fsp3) is 0.250. The van der Waals surface area contributed by atoms with Crippen LogP contribution in [0.5, 0.6) is 0 Å². The maximum atomic E-state index is 13.8. The fourth-order valence-electron chi connectivity index (χ4n) is 1.63. The summed E-state index contributed by atoms with van der Waals surface area (Å²) < 4.78 is 16.3. The van der Waals surface area contributed by atoms with Crippen molar-refractivity contribution in [3.63, 3.8) is 0 Å². The first-order valence-corrected chi connectivity index (χ1v) is 6.16. The summed E-state index contributed by atoms with van der Waals surface area (Å²) in [5, 5.41) is 3.11. The average Bonchev–Trinajstić information content (AvgIpc) is 2.64. The predicted octanol–water partition coefficient (Wildman–Crippen LogP) is 3.51. The maximum Gasteiger partial charge on any atom is 0.207 e. The van der Waals surface area contributed by atoms with Crippen molar-refractivity contribution in [2.75, 3.05) is 11.9 Å². The largest absolute Gasteiger partial charge is 0.356 e. The Balaban J connectivity index is 2.55. The van der Waals surface area contributed by atoms with Crippen LogP contribution in [0.2, 0.25) is 0 Å². The van der Waals surface area contributed by atoms with Crippen LogP contribution in [0.1, 0.15) is 12.6 Å². The SMILES string of the molecule is CCNc1nc(C)cn1-c1cc(Br)ccc1F. The van der Waals surface area contributed by atoms with E-state index in [2.05, 4.69) is 26.2 Å². The van der Waals surface area contributed by atoms with E-state index in [0.717, 1.165) is 16.7 Å². The molecule has 5 heteroatoms. The highest BCUT2D eigenvalue weighted by molar-refractivity contribution is 9.10. The van der Waals surface area contributed by atoms with Crippen LogP contribution in [0.4, 0.5) is 10.3 Å². The van der Waals surface area contributed by atoms with E-state index in [1.807, 2.05) is 20.0 Å². The quantitative estimate of drug-likeness (QED) is 0.939. The second-order valence-corrected chi connectivity index (χ2v) is 4.62. The number of halogens is 2. The summed E-state index contributed by atoms with van der Waals surface area (Å²) in [6, 6.07) is 4.84. The van der Waals surface area contributed by atoms with Gasteiger partial charge in [0.25, 0.3) is 0 Å². The Kier molecular flexibility index (Phi) is 3.47. The number of nitrogens with one attached hydrogen (secondary N) is 1. The summed E-state index contributed by atoms with van der Waals surface area (Å²) in [5.74, 6) is 0.381. The summed E-state index contributed by atoms with van der Waals surface area (Å²) in [5.41, 5.74) is 1.33. The van der Waals surface area contributed by atoms with Crippen molar-refractivity contribution in [3.8, 4) is 5.69 Å². The van der Waals surface area contributed by atoms with Gasteiger partial charge in [-0.3, -0.25) is 4.57 Å². The molecule has 0 aliphatic rings. The molecule has 0 saturated heterocycles. The Morgan fingerprint density at radius 1 is 1.47 bits per heavy atom. The third-order valence-electron chi connectivity index (χ3n) is 2.33. The molecular weight excluding hydrogens is 285 g/mol. The number of hydrogen-bond acceptors (Lipinski definition) is 2. The van der Waals surface area contributed by atoms with Gasteiger partial charge in [-0.05, 0) is 32.0 Å². The Labute approximate surface area is 108 Å². The molecule has 1 aromatic carbocycles. The van der Waals surface area contributed by atoms with Crippen molar-refractivity contribution in [1.29, 1.82) is 0 Å². The van der Waals surface area contributed by atoms with Crippen molar-refractivity contribution >= 4 is 21.9 Å². The zero-order valence-corrected chi connectivity index (χ0v) is 11.3. The monoisotopic (exact) mass is 297 g/mol. The average molecular weight is 298 g/mol. The van der Waals surface area contributed by atoms with Gasteiger partial charge in [0.15, 0.2) is 0 Å². The lowest BCUT2D eigenvalue weighted by Crippen LogP contribution is -2.06. The molecule has 0 amide bonds. The van der Waals surface area contributed by atoms with Gasteiger partial charge in [0.05, 0.1) is 11.4 Å². The zero-order valence-electron chi connectivity index (χ0n) is 9.67. The van der Waals surface area contributed by atoms with Crippen LogP contribution in [0, 0.1) is 12.7 Å². The lowest BCUT2D eigenvalue weighted by atomic mass is 10.3. The molecule has 0 saturated carbocycles. The molecule has 17 heavy (non-hydrogen) atoms. The van der Waals surface area contributed by atoms with Gasteiger partial charge in [-0.15, -0.1) is 0 Å². The second kappa shape index (κ2) is 4.87. The fourth-order valence-corrected chi connectivity index (χ4v) is 1.98. The van der Waals surface area contributed by atoms with E-state index in [1.54, 1.807) is 16.7 Å². The van der Waals surface area contributed by atoms with Gasteiger partial charge in [0.1, 0.15) is 5.82 Å². The number of aromatic nitrogens is 2. The molecule has 90 valence electrons. The zero-order chi connectivity index (χ0) is 12.4. The van der Waals surface area contributed by atoms with Gasteiger partial charge in [0.2, 0.25) is 5.95 Å². The van der Waals surface area contributed by atoms with Crippen molar-refractivity contribution in [2.24, 2.45) is 0 Å². The Hall–Kier alpha value is -1.36. The van der Waals surface area contributed by atoms with Crippen LogP contribution in [-0.2, 0) is 0 Å². The molecule has 0 radical (unpaired) electrons. The van der Waals surface area contributed by atoms with Crippen molar-refractivity contribution in [3.05, 3.63) is 40.4 Å². The van der Waals surface area contributed by atoms with E-state index in [9.17, 15) is 4.39 Å². The van der Waals surface area contributed by atoms with Gasteiger partial charge in [-0.2, -0.15) is 0 Å². The van der Waals surface area contributed by atoms with Gasteiger partial charge in [-0.1, -0.05) is 15.9 Å². The van der Waals surface area contributed by atoms with Gasteiger partial charge in [-0.25, -0.2) is 9.37 Å². The molecule has 2 rings (SSSR count). The number of hydrogen-bond donors (Lipinski definition) is 1. The number of rotatable bonds is 3. The molecule has 0 aliphatic heterocycles. The number of aryl methyl sites for hydroxylation is 1. The molecule has 1 aromatic heterocycles. The normalized spacial score (nSPS) is 10.6. The molecule has 0 atom stereocenters. The molecule has 0 aliphatic carbocycles. The Morgan fingerprint density at radius 3 is 2.94 bits per heavy atom. The summed E-state index contributed by atoms with van der Waals surface area (Å²) in [7, 11) is 0. The summed E-state index contributed by atoms with van der Waals surface area (Å²) in [4.78, 5) is 4.32. The van der Waals surface area contributed by atoms with E-state index in [-0.39, 0.29) is 5.82 Å². The van der Waals surface area contributed by atoms with E-state index in [0.29, 0.717) is 11.6 Å². The van der Waals surface area contributed by atoms with Crippen LogP contribution in [0.15, 0.2) is 28.9 Å². The molecular formula is C12H13BrFN3. The maximum absolute atomic E-state index is 13.8. The summed E-state index contributed by atoms with van der Waals surface area (Å²) in [6.45, 7) is 4.60. The van der Waals surface area contributed by atoms with Crippen molar-refractivity contribution in [2.45, 2.75) is 13.8 Å². The first-order chi connectivity index (χ1) is 8.11. The molecule has 0 fully saturated rings. The number of anilines is 1. The predicted molar refractivity (Wildman–Crippen MR) is 70.1 cm³/mol. The Bertz CT molecular complexity index is 537. The molecule has 1 N–H and O–H groups in total. The smallest absolute Gasteiger partial charge is 0.207 e. The van der Waals surface area contributed by atoms with Crippen LogP contribution >= 0.6 is 15.9 Å². The first-order valence-electron chi connectivity index (χ1n) is 5.37. The highest BCUT2D eigenvalue weighted by atomic mass is 79.9. The van der Waals surface area contributed by atoms with E-state index in [4.69, 9.17) is 0 Å². The second-order valence-electron chi connectivity index (χ2n) is 3.70. The topological polar surface area (TPSA) is 29.9 Å². The summed E-state index contributed by atoms with van der Waals surface area (Å²) in [6.07, 6.45) is 1.81. The van der Waals surface area contributed by atoms with E-state index < -0.39 is 0 Å². The third kappa shape index (κ3) is 2.49. The molecule has 0 spiro atoms. The number of benzene rings is 1. The standard InChI is InChI=1S/C12H13BrFN3/c1-3-15-12-16-8(2)7-17(12)11-6-9(13)4-5-10(11)14/h4-7H,3H2,1-2H3,(H,15,16). The molecule has 3 nitrogen and oxygen atoms in total. The van der Waals surface area contributed by atoms with E-state index in [1.165, 1.54) is 6.07 Å². The van der Waals surface area contributed by atoms with Crippen LogP contribution in [0.3, 0.4) is 0 Å². The molecule has 1 heterocycles. The molecule has 0 bridgehead atoms. The minimum Gasteiger partial charge on any atom is -0.356 e. The van der Waals surface area contributed by atoms with Crippen LogP contribution in [0.25, 0.3) is 5.69 Å². The summed E-state index contributed by atoms with van der Waals surface area (Å²) >= 11 is 3.34. The van der Waals surface area contributed by atoms with E-state index >= 15 is 0 Å². The highest BCUT2D eigenvalue weighted by Gasteiger charge is 2.11. The lowest BCUT2D eigenvalue weighted by Gasteiger charge is -2.09. The Morgan fingerprint density at radius 2 is 2.24 bits per heavy atom. The third-order valence-corrected chi connectivity index (χ3v) is 2.82. The lowest BCUT2D eigenvalue weighted by molar-refractivity contribution is 0.618. The molecule has 0 unspecified atom stereocenters. The van der Waals surface area contributed by atoms with Crippen LogP contribution in [-0.4, -0.2) is 16.1 Å². The molecule has 2 aromatic rings. The minimum absolute atomic E-state index is 0.273. The highest BCUT2D eigenvalue weighted by Crippen LogP contribution is 2.23. The van der Waals surface area contributed by atoms with Crippen molar-refractivity contribution in [1.82, 2.24) is 9.55 Å². The van der Waals surface area contributed by atoms with Gasteiger partial charge < -0.3 is 5.32 Å².